The fourth-order valence-electron chi connectivity index (χ4n) is 2.13. The van der Waals surface area contributed by atoms with Crippen LogP contribution < -0.4 is 5.73 Å². The molecule has 0 aliphatic heterocycles. The van der Waals surface area contributed by atoms with Crippen molar-refractivity contribution in [2.24, 2.45) is 0 Å². The van der Waals surface area contributed by atoms with E-state index in [1.807, 2.05) is 19.1 Å². The summed E-state index contributed by atoms with van der Waals surface area (Å²) >= 11 is 6.01. The van der Waals surface area contributed by atoms with Gasteiger partial charge >= 0.3 is 0 Å². The summed E-state index contributed by atoms with van der Waals surface area (Å²) in [5, 5.41) is 4.27. The van der Waals surface area contributed by atoms with Crippen molar-refractivity contribution >= 4 is 17.5 Å². The Morgan fingerprint density at radius 1 is 1.15 bits per heavy atom. The molecule has 102 valence electrons. The number of aromatic nitrogens is 1. The van der Waals surface area contributed by atoms with Crippen molar-refractivity contribution in [2.75, 3.05) is 5.73 Å². The third-order valence-corrected chi connectivity index (χ3v) is 3.68. The molecule has 0 amide bonds. The van der Waals surface area contributed by atoms with Crippen molar-refractivity contribution in [3.8, 4) is 22.4 Å². The second-order valence-corrected chi connectivity index (χ2v) is 5.02. The van der Waals surface area contributed by atoms with E-state index in [1.54, 1.807) is 6.07 Å². The molecule has 0 bridgehead atoms. The lowest BCUT2D eigenvalue weighted by Crippen LogP contribution is -1.89. The lowest BCUT2D eigenvalue weighted by molar-refractivity contribution is 0.439. The molecule has 0 aliphatic carbocycles. The number of nitrogen functional groups attached to an aromatic ring is 1. The Kier molecular flexibility index (Phi) is 3.03. The first-order valence-corrected chi connectivity index (χ1v) is 6.52. The molecule has 20 heavy (non-hydrogen) atoms. The van der Waals surface area contributed by atoms with E-state index in [1.165, 1.54) is 17.4 Å². The van der Waals surface area contributed by atoms with Gasteiger partial charge < -0.3 is 14.7 Å². The Hall–Kier alpha value is -2.20. The van der Waals surface area contributed by atoms with Gasteiger partial charge in [-0.15, -0.1) is 0 Å². The minimum atomic E-state index is 0.264. The maximum absolute atomic E-state index is 6.01. The number of nitrogens with two attached hydrogens (primary N) is 1. The molecule has 2 heterocycles. The van der Waals surface area contributed by atoms with Crippen molar-refractivity contribution in [2.45, 2.75) is 13.8 Å². The molecule has 3 aromatic rings. The van der Waals surface area contributed by atoms with Gasteiger partial charge in [0, 0.05) is 0 Å². The fourth-order valence-corrected chi connectivity index (χ4v) is 2.33. The van der Waals surface area contributed by atoms with Crippen LogP contribution >= 0.6 is 11.6 Å². The SMILES string of the molecule is Cc1ccc(-c2c(-c3ccoc3Cl)noc2N)cc1C. The van der Waals surface area contributed by atoms with Crippen LogP contribution in [0.1, 0.15) is 11.1 Å². The summed E-state index contributed by atoms with van der Waals surface area (Å²) in [4.78, 5) is 0. The molecule has 0 radical (unpaired) electrons. The topological polar surface area (TPSA) is 65.2 Å². The molecule has 0 fully saturated rings. The summed E-state index contributed by atoms with van der Waals surface area (Å²) in [6.45, 7) is 4.11. The molecular weight excluding hydrogens is 276 g/mol. The van der Waals surface area contributed by atoms with Crippen molar-refractivity contribution in [1.82, 2.24) is 5.16 Å². The van der Waals surface area contributed by atoms with Gasteiger partial charge in [-0.3, -0.25) is 0 Å². The monoisotopic (exact) mass is 288 g/mol. The predicted molar refractivity (Wildman–Crippen MR) is 78.5 cm³/mol. The molecular formula is C15H13ClN2O2. The van der Waals surface area contributed by atoms with Crippen LogP contribution in [0.4, 0.5) is 5.88 Å². The van der Waals surface area contributed by atoms with Crippen LogP contribution in [0.2, 0.25) is 5.22 Å². The Labute approximate surface area is 121 Å². The molecule has 0 aliphatic rings. The Morgan fingerprint density at radius 3 is 2.60 bits per heavy atom. The van der Waals surface area contributed by atoms with Crippen LogP contribution in [0.3, 0.4) is 0 Å². The highest BCUT2D eigenvalue weighted by molar-refractivity contribution is 6.31. The average Bonchev–Trinajstić information content (AvgIpc) is 2.99. The molecule has 4 nitrogen and oxygen atoms in total. The summed E-state index contributed by atoms with van der Waals surface area (Å²) in [5.41, 5.74) is 11.2. The second-order valence-electron chi connectivity index (χ2n) is 4.68. The maximum atomic E-state index is 6.01. The number of hydrogen-bond acceptors (Lipinski definition) is 4. The standard InChI is InChI=1S/C15H13ClN2O2/c1-8-3-4-10(7-9(8)2)12-13(18-20-15(12)17)11-5-6-19-14(11)16/h3-7H,17H2,1-2H3. The van der Waals surface area contributed by atoms with Gasteiger partial charge in [0.25, 0.3) is 0 Å². The van der Waals surface area contributed by atoms with Crippen molar-refractivity contribution < 1.29 is 8.94 Å². The van der Waals surface area contributed by atoms with Gasteiger partial charge in [0.05, 0.1) is 17.4 Å². The van der Waals surface area contributed by atoms with Crippen LogP contribution in [-0.4, -0.2) is 5.16 Å². The smallest absolute Gasteiger partial charge is 0.230 e. The molecule has 3 rings (SSSR count). The summed E-state index contributed by atoms with van der Waals surface area (Å²) in [6, 6.07) is 7.82. The minimum absolute atomic E-state index is 0.264. The number of furan rings is 1. The van der Waals surface area contributed by atoms with Gasteiger partial charge in [-0.05, 0) is 48.2 Å². The number of aryl methyl sites for hydroxylation is 2. The number of benzene rings is 1. The molecule has 0 saturated carbocycles. The van der Waals surface area contributed by atoms with Crippen LogP contribution in [0, 0.1) is 13.8 Å². The number of anilines is 1. The first-order valence-electron chi connectivity index (χ1n) is 6.14. The highest BCUT2D eigenvalue weighted by Crippen LogP contribution is 2.39. The fraction of sp³-hybridized carbons (Fsp3) is 0.133. The van der Waals surface area contributed by atoms with Gasteiger partial charge in [0.2, 0.25) is 11.1 Å². The zero-order chi connectivity index (χ0) is 14.3. The molecule has 5 heteroatoms. The van der Waals surface area contributed by atoms with E-state index in [0.717, 1.165) is 11.1 Å². The third-order valence-electron chi connectivity index (χ3n) is 3.39. The van der Waals surface area contributed by atoms with E-state index in [0.29, 0.717) is 11.3 Å². The third kappa shape index (κ3) is 1.98. The highest BCUT2D eigenvalue weighted by Gasteiger charge is 2.21. The summed E-state index contributed by atoms with van der Waals surface area (Å²) in [7, 11) is 0. The summed E-state index contributed by atoms with van der Waals surface area (Å²) < 4.78 is 10.2. The van der Waals surface area contributed by atoms with Crippen molar-refractivity contribution in [3.63, 3.8) is 0 Å². The lowest BCUT2D eigenvalue weighted by atomic mass is 9.98. The van der Waals surface area contributed by atoms with E-state index in [4.69, 9.17) is 26.3 Å². The van der Waals surface area contributed by atoms with Gasteiger partial charge in [-0.25, -0.2) is 0 Å². The molecule has 0 unspecified atom stereocenters. The number of halogens is 1. The zero-order valence-electron chi connectivity index (χ0n) is 11.1. The predicted octanol–water partition coefficient (Wildman–Crippen LogP) is 4.45. The highest BCUT2D eigenvalue weighted by atomic mass is 35.5. The summed E-state index contributed by atoms with van der Waals surface area (Å²) in [6.07, 6.45) is 1.51. The zero-order valence-corrected chi connectivity index (χ0v) is 11.9. The Balaban J connectivity index is 2.21. The Morgan fingerprint density at radius 2 is 1.95 bits per heavy atom. The number of hydrogen-bond donors (Lipinski definition) is 1. The molecule has 0 atom stereocenters. The molecule has 0 saturated heterocycles. The second kappa shape index (κ2) is 4.72. The molecule has 2 aromatic heterocycles. The van der Waals surface area contributed by atoms with E-state index in [9.17, 15) is 0 Å². The van der Waals surface area contributed by atoms with Crippen molar-refractivity contribution in [3.05, 3.63) is 46.9 Å². The molecule has 1 aromatic carbocycles. The van der Waals surface area contributed by atoms with Crippen LogP contribution in [0.15, 0.2) is 39.5 Å². The normalized spacial score (nSPS) is 10.9. The number of nitrogens with zero attached hydrogens (tertiary/aromatic N) is 1. The van der Waals surface area contributed by atoms with Crippen LogP contribution in [0.5, 0.6) is 0 Å². The summed E-state index contributed by atoms with van der Waals surface area (Å²) in [5.74, 6) is 0.264. The van der Waals surface area contributed by atoms with E-state index < -0.39 is 0 Å². The van der Waals surface area contributed by atoms with Crippen molar-refractivity contribution in [1.29, 1.82) is 0 Å². The first-order chi connectivity index (χ1) is 9.58. The first kappa shape index (κ1) is 12.8. The van der Waals surface area contributed by atoms with E-state index >= 15 is 0 Å². The largest absolute Gasteiger partial charge is 0.452 e. The van der Waals surface area contributed by atoms with Gasteiger partial charge in [-0.2, -0.15) is 0 Å². The average molecular weight is 289 g/mol. The quantitative estimate of drug-likeness (QED) is 0.756. The lowest BCUT2D eigenvalue weighted by Gasteiger charge is -2.05. The van der Waals surface area contributed by atoms with Crippen LogP contribution in [-0.2, 0) is 0 Å². The van der Waals surface area contributed by atoms with Gasteiger partial charge in [0.15, 0.2) is 0 Å². The van der Waals surface area contributed by atoms with E-state index in [2.05, 4.69) is 18.1 Å². The number of rotatable bonds is 2. The molecule has 2 N–H and O–H groups in total. The molecule has 0 spiro atoms. The van der Waals surface area contributed by atoms with Gasteiger partial charge in [-0.1, -0.05) is 23.4 Å². The van der Waals surface area contributed by atoms with E-state index in [-0.39, 0.29) is 11.1 Å². The Bertz CT molecular complexity index is 774. The van der Waals surface area contributed by atoms with Crippen LogP contribution in [0.25, 0.3) is 22.4 Å². The minimum Gasteiger partial charge on any atom is -0.452 e. The van der Waals surface area contributed by atoms with Gasteiger partial charge in [0.1, 0.15) is 5.69 Å². The maximum Gasteiger partial charge on any atom is 0.230 e.